The number of ketones is 1. The van der Waals surface area contributed by atoms with Gasteiger partial charge in [0.1, 0.15) is 0 Å². The summed E-state index contributed by atoms with van der Waals surface area (Å²) in [6.07, 6.45) is 6.80. The first-order chi connectivity index (χ1) is 7.62. The number of terminal acetylenes is 1. The van der Waals surface area contributed by atoms with E-state index in [0.717, 1.165) is 11.8 Å². The fourth-order valence-electron chi connectivity index (χ4n) is 2.12. The summed E-state index contributed by atoms with van der Waals surface area (Å²) >= 11 is 0. The van der Waals surface area contributed by atoms with Gasteiger partial charge in [-0.05, 0) is 18.9 Å². The number of carbonyl (C=O) groups is 1. The SMILES string of the molecule is C#CC1(C)CC(=CO)C(=O)c2ccccc21. The van der Waals surface area contributed by atoms with E-state index < -0.39 is 5.41 Å². The van der Waals surface area contributed by atoms with Gasteiger partial charge in [-0.15, -0.1) is 6.42 Å². The monoisotopic (exact) mass is 212 g/mol. The molecule has 0 bridgehead atoms. The van der Waals surface area contributed by atoms with Gasteiger partial charge in [0.15, 0.2) is 5.78 Å². The molecule has 0 radical (unpaired) electrons. The summed E-state index contributed by atoms with van der Waals surface area (Å²) in [4.78, 5) is 12.0. The van der Waals surface area contributed by atoms with E-state index in [9.17, 15) is 4.79 Å². The molecule has 0 spiro atoms. The second kappa shape index (κ2) is 3.53. The number of hydrogen-bond donors (Lipinski definition) is 1. The van der Waals surface area contributed by atoms with Crippen LogP contribution in [0.4, 0.5) is 0 Å². The van der Waals surface area contributed by atoms with Crippen molar-refractivity contribution in [3.63, 3.8) is 0 Å². The van der Waals surface area contributed by atoms with E-state index in [1.54, 1.807) is 12.1 Å². The van der Waals surface area contributed by atoms with Crippen LogP contribution in [0.1, 0.15) is 29.3 Å². The molecule has 2 nitrogen and oxygen atoms in total. The number of aliphatic hydroxyl groups is 1. The van der Waals surface area contributed by atoms with Crippen molar-refractivity contribution in [2.75, 3.05) is 0 Å². The molecule has 16 heavy (non-hydrogen) atoms. The van der Waals surface area contributed by atoms with Crippen LogP contribution in [0.15, 0.2) is 36.1 Å². The Morgan fingerprint density at radius 2 is 2.19 bits per heavy atom. The lowest BCUT2D eigenvalue weighted by Crippen LogP contribution is -2.30. The molecule has 0 heterocycles. The van der Waals surface area contributed by atoms with Gasteiger partial charge in [-0.1, -0.05) is 30.2 Å². The Morgan fingerprint density at radius 1 is 1.50 bits per heavy atom. The van der Waals surface area contributed by atoms with E-state index >= 15 is 0 Å². The molecule has 0 aromatic heterocycles. The van der Waals surface area contributed by atoms with Crippen LogP contribution in [-0.4, -0.2) is 10.9 Å². The number of fused-ring (bicyclic) bond motifs is 1. The first kappa shape index (κ1) is 10.5. The van der Waals surface area contributed by atoms with Gasteiger partial charge < -0.3 is 5.11 Å². The highest BCUT2D eigenvalue weighted by Crippen LogP contribution is 2.38. The highest BCUT2D eigenvalue weighted by Gasteiger charge is 2.36. The van der Waals surface area contributed by atoms with Crippen molar-refractivity contribution >= 4 is 5.78 Å². The minimum absolute atomic E-state index is 0.133. The summed E-state index contributed by atoms with van der Waals surface area (Å²) in [5.74, 6) is 2.58. The average Bonchev–Trinajstić information content (AvgIpc) is 2.34. The van der Waals surface area contributed by atoms with Crippen molar-refractivity contribution in [1.82, 2.24) is 0 Å². The number of hydrogen-bond acceptors (Lipinski definition) is 2. The molecule has 1 aliphatic carbocycles. The lowest BCUT2D eigenvalue weighted by atomic mass is 9.70. The maximum absolute atomic E-state index is 12.0. The van der Waals surface area contributed by atoms with Gasteiger partial charge in [0.25, 0.3) is 0 Å². The predicted octanol–water partition coefficient (Wildman–Crippen LogP) is 2.61. The molecule has 1 atom stereocenters. The standard InChI is InChI=1S/C14H12O2/c1-3-14(2)8-10(9-15)13(16)11-6-4-5-7-12(11)14/h1,4-7,9,15H,8H2,2H3. The maximum atomic E-state index is 12.0. The molecule has 0 aliphatic heterocycles. The molecule has 1 aromatic rings. The van der Waals surface area contributed by atoms with Gasteiger partial charge in [-0.3, -0.25) is 4.79 Å². The molecular weight excluding hydrogens is 200 g/mol. The second-order valence-electron chi connectivity index (χ2n) is 4.18. The van der Waals surface area contributed by atoms with Gasteiger partial charge in [-0.2, -0.15) is 0 Å². The van der Waals surface area contributed by atoms with Crippen molar-refractivity contribution in [3.8, 4) is 12.3 Å². The van der Waals surface area contributed by atoms with Gasteiger partial charge in [0, 0.05) is 11.1 Å². The van der Waals surface area contributed by atoms with E-state index in [1.807, 2.05) is 19.1 Å². The summed E-state index contributed by atoms with van der Waals surface area (Å²) in [7, 11) is 0. The van der Waals surface area contributed by atoms with Crippen molar-refractivity contribution in [2.45, 2.75) is 18.8 Å². The highest BCUT2D eigenvalue weighted by molar-refractivity contribution is 6.11. The Labute approximate surface area is 94.6 Å². The Hall–Kier alpha value is -2.01. The number of Topliss-reactive ketones (excluding diaryl/α,β-unsaturated/α-hetero) is 1. The van der Waals surface area contributed by atoms with Crippen LogP contribution in [0, 0.1) is 12.3 Å². The lowest BCUT2D eigenvalue weighted by Gasteiger charge is -2.31. The molecule has 0 saturated heterocycles. The molecule has 1 unspecified atom stereocenters. The first-order valence-electron chi connectivity index (χ1n) is 5.07. The van der Waals surface area contributed by atoms with Crippen molar-refractivity contribution in [3.05, 3.63) is 47.2 Å². The molecule has 0 saturated carbocycles. The first-order valence-corrected chi connectivity index (χ1v) is 5.07. The zero-order valence-electron chi connectivity index (χ0n) is 9.03. The van der Waals surface area contributed by atoms with Crippen LogP contribution < -0.4 is 0 Å². The van der Waals surface area contributed by atoms with Gasteiger partial charge in [-0.25, -0.2) is 0 Å². The normalized spacial score (nSPS) is 26.2. The molecule has 0 fully saturated rings. The minimum atomic E-state index is -0.515. The van der Waals surface area contributed by atoms with E-state index in [-0.39, 0.29) is 5.78 Å². The van der Waals surface area contributed by atoms with E-state index in [4.69, 9.17) is 11.5 Å². The molecule has 80 valence electrons. The van der Waals surface area contributed by atoms with Gasteiger partial charge in [0.2, 0.25) is 0 Å². The molecule has 1 aliphatic rings. The summed E-state index contributed by atoms with van der Waals surface area (Å²) < 4.78 is 0. The fourth-order valence-corrected chi connectivity index (χ4v) is 2.12. The van der Waals surface area contributed by atoms with Crippen molar-refractivity contribution in [1.29, 1.82) is 0 Å². The summed E-state index contributed by atoms with van der Waals surface area (Å²) in [6, 6.07) is 7.29. The molecule has 0 amide bonds. The highest BCUT2D eigenvalue weighted by atomic mass is 16.2. The number of aliphatic hydroxyl groups excluding tert-OH is 1. The topological polar surface area (TPSA) is 37.3 Å². The number of allylic oxidation sites excluding steroid dienone is 1. The van der Waals surface area contributed by atoms with E-state index in [0.29, 0.717) is 17.6 Å². The third-order valence-corrected chi connectivity index (χ3v) is 3.08. The number of benzene rings is 1. The Kier molecular flexibility index (Phi) is 2.32. The zero-order valence-corrected chi connectivity index (χ0v) is 9.03. The van der Waals surface area contributed by atoms with E-state index in [1.165, 1.54) is 0 Å². The van der Waals surface area contributed by atoms with Gasteiger partial charge in [0.05, 0.1) is 11.7 Å². The molecule has 1 N–H and O–H groups in total. The Bertz CT molecular complexity index is 520. The molecule has 2 heteroatoms. The quantitative estimate of drug-likeness (QED) is 0.408. The van der Waals surface area contributed by atoms with Crippen LogP contribution in [0.25, 0.3) is 0 Å². The van der Waals surface area contributed by atoms with Crippen LogP contribution >= 0.6 is 0 Å². The number of rotatable bonds is 0. The third kappa shape index (κ3) is 1.33. The molecular formula is C14H12O2. The van der Waals surface area contributed by atoms with Crippen molar-refractivity contribution < 1.29 is 9.90 Å². The second-order valence-corrected chi connectivity index (χ2v) is 4.18. The summed E-state index contributed by atoms with van der Waals surface area (Å²) in [5.41, 5.74) is 1.32. The van der Waals surface area contributed by atoms with Crippen LogP contribution in [-0.2, 0) is 5.41 Å². The fraction of sp³-hybridized carbons (Fsp3) is 0.214. The predicted molar refractivity (Wildman–Crippen MR) is 62.3 cm³/mol. The van der Waals surface area contributed by atoms with Crippen LogP contribution in [0.2, 0.25) is 0 Å². The Morgan fingerprint density at radius 3 is 2.81 bits per heavy atom. The maximum Gasteiger partial charge on any atom is 0.192 e. The van der Waals surface area contributed by atoms with Gasteiger partial charge >= 0.3 is 0 Å². The van der Waals surface area contributed by atoms with Crippen LogP contribution in [0.3, 0.4) is 0 Å². The van der Waals surface area contributed by atoms with Crippen LogP contribution in [0.5, 0.6) is 0 Å². The number of carbonyl (C=O) groups excluding carboxylic acids is 1. The Balaban J connectivity index is 2.71. The largest absolute Gasteiger partial charge is 0.515 e. The average molecular weight is 212 g/mol. The molecule has 1 aromatic carbocycles. The zero-order chi connectivity index (χ0) is 11.8. The van der Waals surface area contributed by atoms with E-state index in [2.05, 4.69) is 5.92 Å². The third-order valence-electron chi connectivity index (χ3n) is 3.08. The summed E-state index contributed by atoms with van der Waals surface area (Å²) in [5, 5.41) is 9.06. The molecule has 2 rings (SSSR count). The summed E-state index contributed by atoms with van der Waals surface area (Å²) in [6.45, 7) is 1.90. The lowest BCUT2D eigenvalue weighted by molar-refractivity contribution is 0.101. The smallest absolute Gasteiger partial charge is 0.192 e. The minimum Gasteiger partial charge on any atom is -0.515 e. The van der Waals surface area contributed by atoms with Crippen molar-refractivity contribution in [2.24, 2.45) is 0 Å².